The Morgan fingerprint density at radius 3 is 1.86 bits per heavy atom. The lowest BCUT2D eigenvalue weighted by atomic mass is 9.95. The van der Waals surface area contributed by atoms with E-state index >= 15 is 0 Å². The largest absolute Gasteiger partial charge is 0.496 e. The Hall–Kier alpha value is -1.94. The SMILES string of the molecule is COc1cccc(OC)c1C(=O)[P+](=O)C1(C(=O)c2c(Cl)cccc2Cl)CCCC1. The van der Waals surface area contributed by atoms with Crippen LogP contribution in [-0.4, -0.2) is 30.7 Å². The van der Waals surface area contributed by atoms with Crippen LogP contribution in [-0.2, 0) is 4.57 Å². The molecule has 1 unspecified atom stereocenters. The molecule has 2 aromatic rings. The van der Waals surface area contributed by atoms with Crippen LogP contribution in [0.5, 0.6) is 11.5 Å². The van der Waals surface area contributed by atoms with Crippen LogP contribution in [0.2, 0.25) is 10.0 Å². The molecule has 0 spiro atoms. The van der Waals surface area contributed by atoms with Gasteiger partial charge in [0.1, 0.15) is 11.5 Å². The Labute approximate surface area is 180 Å². The zero-order chi connectivity index (χ0) is 21.2. The van der Waals surface area contributed by atoms with Crippen molar-refractivity contribution in [2.45, 2.75) is 30.8 Å². The molecule has 1 aliphatic rings. The molecule has 0 N–H and O–H groups in total. The molecule has 0 saturated heterocycles. The second-order valence-corrected chi connectivity index (χ2v) is 9.47. The number of halogens is 2. The van der Waals surface area contributed by atoms with Crippen LogP contribution in [0.25, 0.3) is 0 Å². The van der Waals surface area contributed by atoms with E-state index in [-0.39, 0.29) is 32.7 Å². The highest BCUT2D eigenvalue weighted by Crippen LogP contribution is 2.56. The Kier molecular flexibility index (Phi) is 6.62. The van der Waals surface area contributed by atoms with Crippen molar-refractivity contribution in [3.8, 4) is 11.5 Å². The fourth-order valence-electron chi connectivity index (χ4n) is 3.79. The minimum Gasteiger partial charge on any atom is -0.496 e. The molecule has 1 aliphatic carbocycles. The summed E-state index contributed by atoms with van der Waals surface area (Å²) in [5.74, 6) is 0.0390. The molecular weight excluding hydrogens is 434 g/mol. The predicted molar refractivity (Wildman–Crippen MR) is 113 cm³/mol. The lowest BCUT2D eigenvalue weighted by Crippen LogP contribution is -2.34. The molecule has 1 fully saturated rings. The molecule has 5 nitrogen and oxygen atoms in total. The summed E-state index contributed by atoms with van der Waals surface area (Å²) in [5.41, 5.74) is -0.489. The van der Waals surface area contributed by atoms with Crippen molar-refractivity contribution in [3.63, 3.8) is 0 Å². The monoisotopic (exact) mass is 453 g/mol. The third-order valence-electron chi connectivity index (χ3n) is 5.26. The van der Waals surface area contributed by atoms with E-state index in [0.29, 0.717) is 25.7 Å². The van der Waals surface area contributed by atoms with Gasteiger partial charge in [-0.15, -0.1) is 0 Å². The first kappa shape index (κ1) is 21.8. The van der Waals surface area contributed by atoms with E-state index < -0.39 is 24.3 Å². The van der Waals surface area contributed by atoms with Crippen LogP contribution in [0.15, 0.2) is 36.4 Å². The van der Waals surface area contributed by atoms with E-state index in [1.54, 1.807) is 36.4 Å². The number of carbonyl (C=O) groups is 2. The Bertz CT molecular complexity index is 941. The summed E-state index contributed by atoms with van der Waals surface area (Å²) in [4.78, 5) is 26.9. The zero-order valence-corrected chi connectivity index (χ0v) is 18.4. The highest BCUT2D eigenvalue weighted by atomic mass is 35.5. The first-order valence-electron chi connectivity index (χ1n) is 9.09. The van der Waals surface area contributed by atoms with Crippen molar-refractivity contribution in [1.29, 1.82) is 0 Å². The van der Waals surface area contributed by atoms with Crippen LogP contribution in [0.1, 0.15) is 46.4 Å². The average Bonchev–Trinajstić information content (AvgIpc) is 3.22. The maximum absolute atomic E-state index is 13.6. The van der Waals surface area contributed by atoms with E-state index in [4.69, 9.17) is 32.7 Å². The number of hydrogen-bond acceptors (Lipinski definition) is 5. The van der Waals surface area contributed by atoms with Crippen molar-refractivity contribution < 1.29 is 23.6 Å². The number of hydrogen-bond donors (Lipinski definition) is 0. The molecule has 0 aromatic heterocycles. The summed E-state index contributed by atoms with van der Waals surface area (Å²) >= 11 is 12.5. The van der Waals surface area contributed by atoms with E-state index in [1.807, 2.05) is 0 Å². The fourth-order valence-corrected chi connectivity index (χ4v) is 6.19. The van der Waals surface area contributed by atoms with Gasteiger partial charge in [0.15, 0.2) is 5.56 Å². The molecule has 1 saturated carbocycles. The number of benzene rings is 2. The van der Waals surface area contributed by atoms with Gasteiger partial charge in [0.25, 0.3) is 0 Å². The van der Waals surface area contributed by atoms with Gasteiger partial charge in [-0.1, -0.05) is 39.9 Å². The van der Waals surface area contributed by atoms with Gasteiger partial charge in [0, 0.05) is 12.8 Å². The van der Waals surface area contributed by atoms with Gasteiger partial charge >= 0.3 is 13.3 Å². The van der Waals surface area contributed by atoms with Crippen LogP contribution in [0, 0.1) is 0 Å². The van der Waals surface area contributed by atoms with Crippen molar-refractivity contribution in [2.24, 2.45) is 0 Å². The minimum absolute atomic E-state index is 0.0722. The maximum Gasteiger partial charge on any atom is 0.434 e. The third kappa shape index (κ3) is 3.79. The molecular formula is C21H20Cl2O5P+. The molecule has 3 rings (SSSR count). The van der Waals surface area contributed by atoms with Gasteiger partial charge in [-0.2, -0.15) is 0 Å². The summed E-state index contributed by atoms with van der Waals surface area (Å²) < 4.78 is 24.2. The lowest BCUT2D eigenvalue weighted by molar-refractivity contribution is 0.0931. The molecule has 152 valence electrons. The maximum atomic E-state index is 13.6. The molecule has 0 heterocycles. The first-order valence-corrected chi connectivity index (χ1v) is 11.1. The molecule has 0 radical (unpaired) electrons. The van der Waals surface area contributed by atoms with Crippen LogP contribution in [0.4, 0.5) is 0 Å². The van der Waals surface area contributed by atoms with E-state index in [1.165, 1.54) is 14.2 Å². The molecule has 0 aliphatic heterocycles. The standard InChI is InChI=1S/C21H20Cl2O5P/c1-27-15-9-6-10-16(28-2)18(15)20(25)29(26)21(11-3-4-12-21)19(24)17-13(22)7-5-8-14(17)23/h5-10H,3-4,11-12H2,1-2H3/q+1. The molecule has 8 heteroatoms. The summed E-state index contributed by atoms with van der Waals surface area (Å²) in [6.45, 7) is 0. The summed E-state index contributed by atoms with van der Waals surface area (Å²) in [6.07, 6.45) is 2.02. The topological polar surface area (TPSA) is 69.7 Å². The van der Waals surface area contributed by atoms with Gasteiger partial charge < -0.3 is 9.47 Å². The smallest absolute Gasteiger partial charge is 0.434 e. The van der Waals surface area contributed by atoms with Gasteiger partial charge in [0.2, 0.25) is 10.9 Å². The zero-order valence-electron chi connectivity index (χ0n) is 16.0. The number of methoxy groups -OCH3 is 2. The third-order valence-corrected chi connectivity index (χ3v) is 7.91. The molecule has 0 bridgehead atoms. The second-order valence-electron chi connectivity index (χ2n) is 6.80. The highest BCUT2D eigenvalue weighted by molar-refractivity contribution is 7.67. The van der Waals surface area contributed by atoms with Crippen LogP contribution < -0.4 is 9.47 Å². The Morgan fingerprint density at radius 2 is 1.38 bits per heavy atom. The summed E-state index contributed by atoms with van der Waals surface area (Å²) in [6, 6.07) is 9.60. The van der Waals surface area contributed by atoms with Crippen molar-refractivity contribution in [2.75, 3.05) is 14.2 Å². The van der Waals surface area contributed by atoms with Gasteiger partial charge in [-0.05, 0) is 37.1 Å². The summed E-state index contributed by atoms with van der Waals surface area (Å²) in [7, 11) is 0.180. The van der Waals surface area contributed by atoms with Crippen LogP contribution in [0.3, 0.4) is 0 Å². The highest BCUT2D eigenvalue weighted by Gasteiger charge is 2.62. The van der Waals surface area contributed by atoms with E-state index in [2.05, 4.69) is 0 Å². The second kappa shape index (κ2) is 8.83. The van der Waals surface area contributed by atoms with Crippen molar-refractivity contribution in [1.82, 2.24) is 0 Å². The number of Topliss-reactive ketones (excluding diaryl/α,β-unsaturated/α-hetero) is 1. The normalized spacial score (nSPS) is 15.7. The minimum atomic E-state index is -2.65. The van der Waals surface area contributed by atoms with E-state index in [9.17, 15) is 14.2 Å². The van der Waals surface area contributed by atoms with Crippen LogP contribution >= 0.6 is 31.0 Å². The molecule has 29 heavy (non-hydrogen) atoms. The quantitative estimate of drug-likeness (QED) is 0.370. The Morgan fingerprint density at radius 1 is 0.897 bits per heavy atom. The number of rotatable bonds is 7. The lowest BCUT2D eigenvalue weighted by Gasteiger charge is -2.18. The Balaban J connectivity index is 2.10. The number of ether oxygens (including phenoxy) is 2. The number of ketones is 1. The number of carbonyl (C=O) groups excluding carboxylic acids is 2. The average molecular weight is 454 g/mol. The van der Waals surface area contributed by atoms with Crippen molar-refractivity contribution >= 4 is 42.3 Å². The molecule has 1 atom stereocenters. The first-order chi connectivity index (χ1) is 13.9. The van der Waals surface area contributed by atoms with Gasteiger partial charge in [-0.3, -0.25) is 4.79 Å². The summed E-state index contributed by atoms with van der Waals surface area (Å²) in [5, 5.41) is -0.994. The predicted octanol–water partition coefficient (Wildman–Crippen LogP) is 6.17. The molecule has 0 amide bonds. The van der Waals surface area contributed by atoms with Gasteiger partial charge in [-0.25, -0.2) is 4.79 Å². The fraction of sp³-hybridized carbons (Fsp3) is 0.333. The molecule has 2 aromatic carbocycles. The van der Waals surface area contributed by atoms with Gasteiger partial charge in [0.05, 0.1) is 29.8 Å². The van der Waals surface area contributed by atoms with Crippen molar-refractivity contribution in [3.05, 3.63) is 57.6 Å². The van der Waals surface area contributed by atoms with E-state index in [0.717, 1.165) is 0 Å².